The van der Waals surface area contributed by atoms with Crippen LogP contribution in [0.3, 0.4) is 0 Å². The molecule has 1 unspecified atom stereocenters. The molecular weight excluding hydrogens is 238 g/mol. The van der Waals surface area contributed by atoms with Gasteiger partial charge in [0, 0.05) is 19.6 Å². The lowest BCUT2D eigenvalue weighted by molar-refractivity contribution is 0.00523. The predicted molar refractivity (Wildman–Crippen MR) is 79.2 cm³/mol. The standard InChI is InChI=1S/C15H27N3O/c1-3-6-15(7-4-5-8-15)12-17-14(16)18-9-10-19-13(2)11-18/h3,13H,1,4-12H2,2H3,(H2,16,17). The molecule has 4 nitrogen and oxygen atoms in total. The van der Waals surface area contributed by atoms with E-state index in [1.807, 2.05) is 6.08 Å². The van der Waals surface area contributed by atoms with Crippen molar-refractivity contribution in [2.24, 2.45) is 16.1 Å². The van der Waals surface area contributed by atoms with Crippen molar-refractivity contribution >= 4 is 5.96 Å². The molecule has 1 aliphatic heterocycles. The number of aliphatic imine (C=N–C) groups is 1. The van der Waals surface area contributed by atoms with Crippen LogP contribution >= 0.6 is 0 Å². The zero-order valence-corrected chi connectivity index (χ0v) is 12.1. The quantitative estimate of drug-likeness (QED) is 0.481. The second-order valence-electron chi connectivity index (χ2n) is 6.00. The highest BCUT2D eigenvalue weighted by Crippen LogP contribution is 2.41. The van der Waals surface area contributed by atoms with Crippen molar-refractivity contribution in [1.82, 2.24) is 4.90 Å². The molecule has 0 aromatic heterocycles. The maximum atomic E-state index is 6.14. The fourth-order valence-corrected chi connectivity index (χ4v) is 3.23. The number of rotatable bonds is 4. The lowest BCUT2D eigenvalue weighted by Crippen LogP contribution is -2.48. The van der Waals surface area contributed by atoms with Gasteiger partial charge in [0.1, 0.15) is 0 Å². The Labute approximate surface area is 116 Å². The number of nitrogens with zero attached hydrogens (tertiary/aromatic N) is 2. The van der Waals surface area contributed by atoms with Gasteiger partial charge < -0.3 is 15.4 Å². The molecule has 1 atom stereocenters. The third-order valence-electron chi connectivity index (χ3n) is 4.38. The molecule has 19 heavy (non-hydrogen) atoms. The molecule has 0 bridgehead atoms. The smallest absolute Gasteiger partial charge is 0.191 e. The first-order valence-electron chi connectivity index (χ1n) is 7.43. The second-order valence-corrected chi connectivity index (χ2v) is 6.00. The number of ether oxygens (including phenoxy) is 1. The van der Waals surface area contributed by atoms with E-state index in [2.05, 4.69) is 23.4 Å². The molecule has 1 aliphatic carbocycles. The molecule has 2 fully saturated rings. The first-order valence-corrected chi connectivity index (χ1v) is 7.43. The van der Waals surface area contributed by atoms with Gasteiger partial charge in [0.15, 0.2) is 5.96 Å². The Bertz CT molecular complexity index is 334. The van der Waals surface area contributed by atoms with Crippen LogP contribution in [0.15, 0.2) is 17.6 Å². The first-order chi connectivity index (χ1) is 9.15. The molecule has 0 spiro atoms. The van der Waals surface area contributed by atoms with Crippen LogP contribution in [0.4, 0.5) is 0 Å². The molecule has 0 radical (unpaired) electrons. The number of morpholine rings is 1. The van der Waals surface area contributed by atoms with Gasteiger partial charge in [-0.3, -0.25) is 4.99 Å². The fraction of sp³-hybridized carbons (Fsp3) is 0.800. The predicted octanol–water partition coefficient (Wildman–Crippen LogP) is 2.16. The number of nitrogens with two attached hydrogens (primary N) is 1. The third kappa shape index (κ3) is 3.72. The van der Waals surface area contributed by atoms with Gasteiger partial charge in [-0.1, -0.05) is 18.9 Å². The van der Waals surface area contributed by atoms with E-state index < -0.39 is 0 Å². The van der Waals surface area contributed by atoms with E-state index in [1.54, 1.807) is 0 Å². The van der Waals surface area contributed by atoms with Crippen molar-refractivity contribution in [3.05, 3.63) is 12.7 Å². The topological polar surface area (TPSA) is 50.8 Å². The number of guanidine groups is 1. The van der Waals surface area contributed by atoms with E-state index in [1.165, 1.54) is 25.7 Å². The Morgan fingerprint density at radius 2 is 2.26 bits per heavy atom. The van der Waals surface area contributed by atoms with Crippen LogP contribution in [0.2, 0.25) is 0 Å². The van der Waals surface area contributed by atoms with Crippen molar-refractivity contribution in [1.29, 1.82) is 0 Å². The lowest BCUT2D eigenvalue weighted by Gasteiger charge is -2.33. The summed E-state index contributed by atoms with van der Waals surface area (Å²) in [7, 11) is 0. The van der Waals surface area contributed by atoms with Crippen LogP contribution < -0.4 is 5.73 Å². The summed E-state index contributed by atoms with van der Waals surface area (Å²) < 4.78 is 5.53. The molecule has 1 heterocycles. The van der Waals surface area contributed by atoms with Crippen LogP contribution in [-0.2, 0) is 4.74 Å². The van der Waals surface area contributed by atoms with Crippen molar-refractivity contribution in [2.45, 2.75) is 45.1 Å². The van der Waals surface area contributed by atoms with Crippen LogP contribution in [0.1, 0.15) is 39.0 Å². The van der Waals surface area contributed by atoms with Crippen molar-refractivity contribution in [2.75, 3.05) is 26.2 Å². The average Bonchev–Trinajstić information content (AvgIpc) is 2.85. The van der Waals surface area contributed by atoms with Crippen LogP contribution in [0, 0.1) is 5.41 Å². The molecule has 108 valence electrons. The second kappa shape index (κ2) is 6.42. The number of hydrogen-bond donors (Lipinski definition) is 1. The van der Waals surface area contributed by atoms with E-state index in [9.17, 15) is 0 Å². The zero-order valence-electron chi connectivity index (χ0n) is 12.1. The summed E-state index contributed by atoms with van der Waals surface area (Å²) >= 11 is 0. The average molecular weight is 265 g/mol. The van der Waals surface area contributed by atoms with E-state index in [-0.39, 0.29) is 6.10 Å². The SMILES string of the molecule is C=CCC1(CN=C(N)N2CCOC(C)C2)CCCC1. The largest absolute Gasteiger partial charge is 0.375 e. The van der Waals surface area contributed by atoms with Gasteiger partial charge >= 0.3 is 0 Å². The first kappa shape index (κ1) is 14.4. The molecule has 4 heteroatoms. The minimum Gasteiger partial charge on any atom is -0.375 e. The summed E-state index contributed by atoms with van der Waals surface area (Å²) in [5.41, 5.74) is 6.46. The van der Waals surface area contributed by atoms with Crippen LogP contribution in [0.5, 0.6) is 0 Å². The number of allylic oxidation sites excluding steroid dienone is 1. The minimum absolute atomic E-state index is 0.246. The summed E-state index contributed by atoms with van der Waals surface area (Å²) in [6.07, 6.45) is 8.49. The summed E-state index contributed by atoms with van der Waals surface area (Å²) in [6.45, 7) is 9.26. The van der Waals surface area contributed by atoms with Gasteiger partial charge in [0.2, 0.25) is 0 Å². The van der Waals surface area contributed by atoms with Gasteiger partial charge in [0.05, 0.1) is 12.7 Å². The molecule has 1 saturated heterocycles. The Morgan fingerprint density at radius 1 is 1.53 bits per heavy atom. The summed E-state index contributed by atoms with van der Waals surface area (Å²) in [4.78, 5) is 6.82. The van der Waals surface area contributed by atoms with E-state index in [4.69, 9.17) is 10.5 Å². The van der Waals surface area contributed by atoms with Crippen molar-refractivity contribution in [3.8, 4) is 0 Å². The van der Waals surface area contributed by atoms with E-state index in [0.717, 1.165) is 32.7 Å². The maximum absolute atomic E-state index is 6.14. The fourth-order valence-electron chi connectivity index (χ4n) is 3.23. The minimum atomic E-state index is 0.246. The molecule has 0 amide bonds. The normalized spacial score (nSPS) is 27.5. The highest BCUT2D eigenvalue weighted by atomic mass is 16.5. The molecule has 2 N–H and O–H groups in total. The molecule has 2 aliphatic rings. The monoisotopic (exact) mass is 265 g/mol. The highest BCUT2D eigenvalue weighted by molar-refractivity contribution is 5.78. The van der Waals surface area contributed by atoms with Crippen LogP contribution in [-0.4, -0.2) is 43.2 Å². The van der Waals surface area contributed by atoms with Gasteiger partial charge in [0.25, 0.3) is 0 Å². The van der Waals surface area contributed by atoms with Crippen LogP contribution in [0.25, 0.3) is 0 Å². The van der Waals surface area contributed by atoms with Gasteiger partial charge in [-0.15, -0.1) is 6.58 Å². The highest BCUT2D eigenvalue weighted by Gasteiger charge is 2.32. The Morgan fingerprint density at radius 3 is 2.89 bits per heavy atom. The number of hydrogen-bond acceptors (Lipinski definition) is 2. The van der Waals surface area contributed by atoms with Crippen molar-refractivity contribution in [3.63, 3.8) is 0 Å². The Kier molecular flexibility index (Phi) is 4.86. The molecule has 2 rings (SSSR count). The summed E-state index contributed by atoms with van der Waals surface area (Å²) in [5.74, 6) is 0.686. The van der Waals surface area contributed by atoms with Crippen molar-refractivity contribution < 1.29 is 4.74 Å². The maximum Gasteiger partial charge on any atom is 0.191 e. The van der Waals surface area contributed by atoms with Gasteiger partial charge in [-0.2, -0.15) is 0 Å². The van der Waals surface area contributed by atoms with Gasteiger partial charge in [-0.25, -0.2) is 0 Å². The van der Waals surface area contributed by atoms with E-state index in [0.29, 0.717) is 11.4 Å². The third-order valence-corrected chi connectivity index (χ3v) is 4.38. The zero-order chi connectivity index (χ0) is 13.7. The Hall–Kier alpha value is -1.03. The molecule has 0 aromatic rings. The lowest BCUT2D eigenvalue weighted by atomic mass is 9.83. The summed E-state index contributed by atoms with van der Waals surface area (Å²) in [5, 5.41) is 0. The van der Waals surface area contributed by atoms with Gasteiger partial charge in [-0.05, 0) is 31.6 Å². The Balaban J connectivity index is 1.94. The molecule has 0 aromatic carbocycles. The molecule has 1 saturated carbocycles. The molecular formula is C15H27N3O. The van der Waals surface area contributed by atoms with E-state index >= 15 is 0 Å². The summed E-state index contributed by atoms with van der Waals surface area (Å²) in [6, 6.07) is 0.